The first-order valence-corrected chi connectivity index (χ1v) is 8.77. The Labute approximate surface area is 148 Å². The summed E-state index contributed by atoms with van der Waals surface area (Å²) < 4.78 is 0. The Kier molecular flexibility index (Phi) is 5.17. The molecule has 1 heterocycles. The van der Waals surface area contributed by atoms with Gasteiger partial charge in [-0.1, -0.05) is 43.3 Å². The molecule has 1 unspecified atom stereocenters. The van der Waals surface area contributed by atoms with Crippen LogP contribution < -0.4 is 0 Å². The number of carbonyl (C=O) groups is 2. The van der Waals surface area contributed by atoms with E-state index in [1.807, 2.05) is 11.0 Å². The zero-order chi connectivity index (χ0) is 17.8. The molecular formula is C21H23NO3. The molecule has 1 atom stereocenters. The molecular weight excluding hydrogens is 314 g/mol. The summed E-state index contributed by atoms with van der Waals surface area (Å²) in [6.07, 6.45) is 2.96. The zero-order valence-electron chi connectivity index (χ0n) is 14.4. The molecule has 0 saturated carbocycles. The van der Waals surface area contributed by atoms with Gasteiger partial charge in [0.2, 0.25) is 5.91 Å². The van der Waals surface area contributed by atoms with Crippen molar-refractivity contribution in [2.24, 2.45) is 0 Å². The lowest BCUT2D eigenvalue weighted by Crippen LogP contribution is -2.44. The molecule has 1 N–H and O–H groups in total. The molecule has 1 aliphatic heterocycles. The van der Waals surface area contributed by atoms with Crippen LogP contribution in [-0.4, -0.2) is 27.9 Å². The van der Waals surface area contributed by atoms with E-state index in [1.165, 1.54) is 11.1 Å². The molecule has 130 valence electrons. The third-order valence-corrected chi connectivity index (χ3v) is 4.98. The predicted octanol–water partition coefficient (Wildman–Crippen LogP) is 3.68. The molecule has 3 rings (SSSR count). The van der Waals surface area contributed by atoms with Gasteiger partial charge >= 0.3 is 5.97 Å². The molecule has 4 nitrogen and oxygen atoms in total. The number of hydrogen-bond donors (Lipinski definition) is 1. The number of amides is 1. The van der Waals surface area contributed by atoms with E-state index >= 15 is 0 Å². The van der Waals surface area contributed by atoms with Crippen LogP contribution in [0.4, 0.5) is 0 Å². The average molecular weight is 337 g/mol. The van der Waals surface area contributed by atoms with Gasteiger partial charge in [0.25, 0.3) is 0 Å². The summed E-state index contributed by atoms with van der Waals surface area (Å²) in [5.74, 6) is -0.760. The van der Waals surface area contributed by atoms with Crippen molar-refractivity contribution in [1.29, 1.82) is 0 Å². The standard InChI is InChI=1S/C21H23NO3/c1-2-19-13-17-5-3-4-6-18(17)14-22(19)20(23)12-9-15-7-10-16(11-8-15)21(24)25/h3-8,10-11,19H,2,9,12-14H2,1H3,(H,24,25). The topological polar surface area (TPSA) is 57.6 Å². The van der Waals surface area contributed by atoms with E-state index in [0.29, 0.717) is 19.4 Å². The summed E-state index contributed by atoms with van der Waals surface area (Å²) in [5, 5.41) is 8.94. The third kappa shape index (κ3) is 3.90. The van der Waals surface area contributed by atoms with Crippen molar-refractivity contribution < 1.29 is 14.7 Å². The number of carbonyl (C=O) groups excluding carboxylic acids is 1. The quantitative estimate of drug-likeness (QED) is 0.905. The minimum Gasteiger partial charge on any atom is -0.478 e. The van der Waals surface area contributed by atoms with Crippen molar-refractivity contribution in [3.8, 4) is 0 Å². The monoisotopic (exact) mass is 337 g/mol. The van der Waals surface area contributed by atoms with E-state index in [1.54, 1.807) is 24.3 Å². The Hall–Kier alpha value is -2.62. The highest BCUT2D eigenvalue weighted by Gasteiger charge is 2.27. The highest BCUT2D eigenvalue weighted by Crippen LogP contribution is 2.25. The number of aromatic carboxylic acids is 1. The summed E-state index contributed by atoms with van der Waals surface area (Å²) in [5.41, 5.74) is 3.85. The van der Waals surface area contributed by atoms with E-state index in [0.717, 1.165) is 18.4 Å². The number of rotatable bonds is 5. The molecule has 0 spiro atoms. The lowest BCUT2D eigenvalue weighted by Gasteiger charge is -2.36. The summed E-state index contributed by atoms with van der Waals surface area (Å²) in [6.45, 7) is 2.81. The van der Waals surface area contributed by atoms with Gasteiger partial charge in [-0.15, -0.1) is 0 Å². The maximum absolute atomic E-state index is 12.8. The fraction of sp³-hybridized carbons (Fsp3) is 0.333. The van der Waals surface area contributed by atoms with Crippen LogP contribution in [-0.2, 0) is 24.2 Å². The Morgan fingerprint density at radius 1 is 1.08 bits per heavy atom. The molecule has 0 aromatic heterocycles. The van der Waals surface area contributed by atoms with Crippen LogP contribution in [0.1, 0.15) is 46.8 Å². The first kappa shape index (κ1) is 17.2. The largest absolute Gasteiger partial charge is 0.478 e. The average Bonchev–Trinajstić information content (AvgIpc) is 2.65. The fourth-order valence-corrected chi connectivity index (χ4v) is 3.45. The van der Waals surface area contributed by atoms with Crippen molar-refractivity contribution in [3.05, 3.63) is 70.8 Å². The maximum atomic E-state index is 12.8. The number of carboxylic acid groups (broad SMARTS) is 1. The summed E-state index contributed by atoms with van der Waals surface area (Å²) in [6, 6.07) is 15.4. The highest BCUT2D eigenvalue weighted by molar-refractivity contribution is 5.87. The summed E-state index contributed by atoms with van der Waals surface area (Å²) in [4.78, 5) is 25.7. The van der Waals surface area contributed by atoms with Crippen molar-refractivity contribution in [1.82, 2.24) is 4.90 Å². The molecule has 2 aromatic rings. The number of nitrogens with zero attached hydrogens (tertiary/aromatic N) is 1. The maximum Gasteiger partial charge on any atom is 0.335 e. The molecule has 25 heavy (non-hydrogen) atoms. The number of fused-ring (bicyclic) bond motifs is 1. The van der Waals surface area contributed by atoms with Gasteiger partial charge in [0.05, 0.1) is 5.56 Å². The second-order valence-electron chi connectivity index (χ2n) is 6.56. The van der Waals surface area contributed by atoms with Gasteiger partial charge in [-0.25, -0.2) is 4.79 Å². The lowest BCUT2D eigenvalue weighted by molar-refractivity contribution is -0.134. The van der Waals surface area contributed by atoms with Crippen molar-refractivity contribution >= 4 is 11.9 Å². The smallest absolute Gasteiger partial charge is 0.335 e. The molecule has 0 bridgehead atoms. The Morgan fingerprint density at radius 3 is 2.40 bits per heavy atom. The molecule has 0 fully saturated rings. The van der Waals surface area contributed by atoms with Gasteiger partial charge in [0.1, 0.15) is 0 Å². The van der Waals surface area contributed by atoms with Gasteiger partial charge in [-0.3, -0.25) is 4.79 Å². The van der Waals surface area contributed by atoms with Crippen LogP contribution in [0.3, 0.4) is 0 Å². The molecule has 0 aliphatic carbocycles. The molecule has 1 amide bonds. The first-order valence-electron chi connectivity index (χ1n) is 8.77. The van der Waals surface area contributed by atoms with E-state index in [4.69, 9.17) is 5.11 Å². The van der Waals surface area contributed by atoms with E-state index in [-0.39, 0.29) is 17.5 Å². The third-order valence-electron chi connectivity index (χ3n) is 4.98. The minimum atomic E-state index is -0.930. The summed E-state index contributed by atoms with van der Waals surface area (Å²) >= 11 is 0. The van der Waals surface area contributed by atoms with Crippen LogP contribution in [0.15, 0.2) is 48.5 Å². The van der Waals surface area contributed by atoms with Crippen LogP contribution >= 0.6 is 0 Å². The van der Waals surface area contributed by atoms with Gasteiger partial charge < -0.3 is 10.0 Å². The first-order chi connectivity index (χ1) is 12.1. The van der Waals surface area contributed by atoms with Crippen LogP contribution in [0, 0.1) is 0 Å². The number of carboxylic acids is 1. The Balaban J connectivity index is 1.65. The molecule has 1 aliphatic rings. The zero-order valence-corrected chi connectivity index (χ0v) is 14.4. The molecule has 4 heteroatoms. The van der Waals surface area contributed by atoms with Gasteiger partial charge in [0, 0.05) is 19.0 Å². The molecule has 0 radical (unpaired) electrons. The predicted molar refractivity (Wildman–Crippen MR) is 96.5 cm³/mol. The number of benzene rings is 2. The van der Waals surface area contributed by atoms with Gasteiger partial charge in [0.15, 0.2) is 0 Å². The van der Waals surface area contributed by atoms with E-state index in [9.17, 15) is 9.59 Å². The van der Waals surface area contributed by atoms with Crippen LogP contribution in [0.25, 0.3) is 0 Å². The molecule has 2 aromatic carbocycles. The van der Waals surface area contributed by atoms with E-state index < -0.39 is 5.97 Å². The Morgan fingerprint density at radius 2 is 1.76 bits per heavy atom. The van der Waals surface area contributed by atoms with E-state index in [2.05, 4.69) is 25.1 Å². The lowest BCUT2D eigenvalue weighted by atomic mass is 9.92. The van der Waals surface area contributed by atoms with Crippen molar-refractivity contribution in [2.75, 3.05) is 0 Å². The van der Waals surface area contributed by atoms with Crippen molar-refractivity contribution in [2.45, 2.75) is 45.2 Å². The second kappa shape index (κ2) is 7.51. The normalized spacial score (nSPS) is 16.4. The van der Waals surface area contributed by atoms with Gasteiger partial charge in [-0.2, -0.15) is 0 Å². The minimum absolute atomic E-state index is 0.170. The SMILES string of the molecule is CCC1Cc2ccccc2CN1C(=O)CCc1ccc(C(=O)O)cc1. The number of hydrogen-bond acceptors (Lipinski definition) is 2. The van der Waals surface area contributed by atoms with Crippen LogP contribution in [0.2, 0.25) is 0 Å². The van der Waals surface area contributed by atoms with Gasteiger partial charge in [-0.05, 0) is 48.1 Å². The fourth-order valence-electron chi connectivity index (χ4n) is 3.45. The summed E-state index contributed by atoms with van der Waals surface area (Å²) in [7, 11) is 0. The molecule has 0 saturated heterocycles. The highest BCUT2D eigenvalue weighted by atomic mass is 16.4. The second-order valence-corrected chi connectivity index (χ2v) is 6.56. The number of aryl methyl sites for hydroxylation is 1. The van der Waals surface area contributed by atoms with Crippen molar-refractivity contribution in [3.63, 3.8) is 0 Å². The Bertz CT molecular complexity index is 767. The van der Waals surface area contributed by atoms with Crippen LogP contribution in [0.5, 0.6) is 0 Å².